The first-order valence-electron chi connectivity index (χ1n) is 10.6. The molecule has 1 atom stereocenters. The van der Waals surface area contributed by atoms with Gasteiger partial charge in [-0.15, -0.1) is 0 Å². The first-order valence-corrected chi connectivity index (χ1v) is 10.6. The van der Waals surface area contributed by atoms with Crippen LogP contribution in [-0.2, 0) is 28.6 Å². The monoisotopic (exact) mass is 490 g/mol. The molecule has 0 N–H and O–H groups in total. The zero-order chi connectivity index (χ0) is 26.3. The van der Waals surface area contributed by atoms with Gasteiger partial charge in [0.2, 0.25) is 0 Å². The summed E-state index contributed by atoms with van der Waals surface area (Å²) in [5.74, 6) is -7.94. The largest absolute Gasteiger partial charge is 0.462 e. The van der Waals surface area contributed by atoms with Crippen LogP contribution in [0.2, 0.25) is 0 Å². The molecule has 11 heteroatoms. The van der Waals surface area contributed by atoms with E-state index >= 15 is 0 Å². The van der Waals surface area contributed by atoms with Crippen molar-refractivity contribution in [3.05, 3.63) is 0 Å². The first kappa shape index (κ1) is 31.1. The Hall–Kier alpha value is -1.94. The van der Waals surface area contributed by atoms with Gasteiger partial charge in [0.05, 0.1) is 18.3 Å². The highest BCUT2D eigenvalue weighted by Crippen LogP contribution is 2.48. The molecule has 0 radical (unpaired) electrons. The number of esters is 3. The molecule has 0 rings (SSSR count). The van der Waals surface area contributed by atoms with E-state index in [1.807, 2.05) is 34.6 Å². The fourth-order valence-electron chi connectivity index (χ4n) is 2.78. The molecule has 0 aromatic carbocycles. The van der Waals surface area contributed by atoms with Crippen molar-refractivity contribution in [3.8, 4) is 0 Å². The number of halogens is 5. The van der Waals surface area contributed by atoms with Crippen molar-refractivity contribution in [2.24, 2.45) is 16.2 Å². The molecule has 0 spiro atoms. The molecular weight excluding hydrogens is 455 g/mol. The van der Waals surface area contributed by atoms with Crippen LogP contribution >= 0.6 is 0 Å². The molecule has 33 heavy (non-hydrogen) atoms. The summed E-state index contributed by atoms with van der Waals surface area (Å²) < 4.78 is 75.4. The van der Waals surface area contributed by atoms with Crippen molar-refractivity contribution < 1.29 is 50.5 Å². The molecule has 0 heterocycles. The average molecular weight is 491 g/mol. The molecule has 0 fully saturated rings. The van der Waals surface area contributed by atoms with Gasteiger partial charge < -0.3 is 14.2 Å². The Morgan fingerprint density at radius 1 is 0.727 bits per heavy atom. The van der Waals surface area contributed by atoms with Gasteiger partial charge in [0.1, 0.15) is 13.2 Å². The molecule has 0 saturated carbocycles. The molecule has 1 unspecified atom stereocenters. The van der Waals surface area contributed by atoms with E-state index in [4.69, 9.17) is 9.47 Å². The highest BCUT2D eigenvalue weighted by molar-refractivity contribution is 5.78. The second-order valence-corrected chi connectivity index (χ2v) is 10.00. The quantitative estimate of drug-likeness (QED) is 0.156. The van der Waals surface area contributed by atoms with Crippen LogP contribution in [0.25, 0.3) is 0 Å². The Kier molecular flexibility index (Phi) is 10.8. The van der Waals surface area contributed by atoms with Crippen molar-refractivity contribution in [2.75, 3.05) is 19.8 Å². The summed E-state index contributed by atoms with van der Waals surface area (Å²) in [5.41, 5.74) is -1.32. The van der Waals surface area contributed by atoms with Crippen LogP contribution < -0.4 is 0 Å². The lowest BCUT2D eigenvalue weighted by Crippen LogP contribution is -2.45. The van der Waals surface area contributed by atoms with Gasteiger partial charge in [-0.1, -0.05) is 48.0 Å². The van der Waals surface area contributed by atoms with E-state index < -0.39 is 60.3 Å². The molecule has 0 aliphatic carbocycles. The number of alkyl halides is 5. The maximum absolute atomic E-state index is 12.8. The Morgan fingerprint density at radius 2 is 1.18 bits per heavy atom. The molecule has 0 amide bonds. The number of hydrogen-bond donors (Lipinski definition) is 0. The van der Waals surface area contributed by atoms with Gasteiger partial charge in [-0.2, -0.15) is 22.0 Å². The zero-order valence-electron chi connectivity index (χ0n) is 20.3. The third kappa shape index (κ3) is 9.83. The van der Waals surface area contributed by atoms with Crippen LogP contribution in [0.1, 0.15) is 74.1 Å². The van der Waals surface area contributed by atoms with E-state index in [0.29, 0.717) is 6.42 Å². The van der Waals surface area contributed by atoms with E-state index in [2.05, 4.69) is 18.6 Å². The summed E-state index contributed by atoms with van der Waals surface area (Å²) in [6.07, 6.45) is -5.73. The van der Waals surface area contributed by atoms with E-state index in [0.717, 1.165) is 6.42 Å². The van der Waals surface area contributed by atoms with Crippen molar-refractivity contribution >= 4 is 17.9 Å². The fraction of sp³-hybridized carbons (Fsp3) is 0.864. The Labute approximate surface area is 191 Å². The summed E-state index contributed by atoms with van der Waals surface area (Å²) in [4.78, 5) is 35.7. The molecule has 194 valence electrons. The van der Waals surface area contributed by atoms with Crippen molar-refractivity contribution in [1.82, 2.24) is 0 Å². The minimum Gasteiger partial charge on any atom is -0.462 e. The maximum atomic E-state index is 12.8. The predicted molar refractivity (Wildman–Crippen MR) is 109 cm³/mol. The van der Waals surface area contributed by atoms with Gasteiger partial charge in [0.15, 0.2) is 6.61 Å². The van der Waals surface area contributed by atoms with Crippen LogP contribution in [0, 0.1) is 16.2 Å². The van der Waals surface area contributed by atoms with Gasteiger partial charge >= 0.3 is 30.0 Å². The number of carbonyl (C=O) groups excluding carboxylic acids is 3. The SMILES string of the molecule is CCC(C)(C)CC(C)(C(=O)OCCOC(=O)CCC(=O)OCC(F)(F)C(F)(F)F)C(C)(C)C. The Morgan fingerprint density at radius 3 is 1.61 bits per heavy atom. The normalized spacial score (nSPS) is 14.9. The molecule has 0 aromatic heterocycles. The van der Waals surface area contributed by atoms with Crippen LogP contribution in [0.5, 0.6) is 0 Å². The molecule has 0 aromatic rings. The van der Waals surface area contributed by atoms with Crippen molar-refractivity contribution in [1.29, 1.82) is 0 Å². The minimum atomic E-state index is -5.85. The third-order valence-electron chi connectivity index (χ3n) is 5.84. The second-order valence-electron chi connectivity index (χ2n) is 10.00. The van der Waals surface area contributed by atoms with Gasteiger partial charge in [0, 0.05) is 0 Å². The lowest BCUT2D eigenvalue weighted by molar-refractivity contribution is -0.294. The third-order valence-corrected chi connectivity index (χ3v) is 5.84. The van der Waals surface area contributed by atoms with E-state index in [1.165, 1.54) is 0 Å². The number of hydrogen-bond acceptors (Lipinski definition) is 6. The van der Waals surface area contributed by atoms with Gasteiger partial charge in [-0.25, -0.2) is 0 Å². The molecule has 0 aliphatic heterocycles. The zero-order valence-corrected chi connectivity index (χ0v) is 20.3. The van der Waals surface area contributed by atoms with Gasteiger partial charge in [-0.3, -0.25) is 14.4 Å². The van der Waals surface area contributed by atoms with Crippen LogP contribution in [0.3, 0.4) is 0 Å². The first-order chi connectivity index (χ1) is 14.7. The standard InChI is InChI=1S/C22H35F5O6/c1-8-19(5,6)13-20(7,18(2,3)4)17(30)32-12-11-31-15(28)9-10-16(29)33-14-21(23,24)22(25,26)27/h8-14H2,1-7H3. The number of carbonyl (C=O) groups is 3. The van der Waals surface area contributed by atoms with E-state index in [1.54, 1.807) is 0 Å². The van der Waals surface area contributed by atoms with Crippen molar-refractivity contribution in [3.63, 3.8) is 0 Å². The molecule has 0 bridgehead atoms. The smallest absolute Gasteiger partial charge is 0.456 e. The molecule has 6 nitrogen and oxygen atoms in total. The molecule has 0 saturated heterocycles. The Balaban J connectivity index is 4.52. The highest BCUT2D eigenvalue weighted by atomic mass is 19.4. The van der Waals surface area contributed by atoms with Crippen LogP contribution in [0.4, 0.5) is 22.0 Å². The maximum Gasteiger partial charge on any atom is 0.456 e. The lowest BCUT2D eigenvalue weighted by Gasteiger charge is -2.44. The highest BCUT2D eigenvalue weighted by Gasteiger charge is 2.58. The second kappa shape index (κ2) is 11.5. The van der Waals surface area contributed by atoms with Gasteiger partial charge in [0.25, 0.3) is 0 Å². The average Bonchev–Trinajstić information content (AvgIpc) is 2.65. The molecular formula is C22H35F5O6. The van der Waals surface area contributed by atoms with Gasteiger partial charge in [-0.05, 0) is 24.2 Å². The minimum absolute atomic E-state index is 0.105. The van der Waals surface area contributed by atoms with E-state index in [-0.39, 0.29) is 18.6 Å². The van der Waals surface area contributed by atoms with Crippen LogP contribution in [-0.4, -0.2) is 49.8 Å². The summed E-state index contributed by atoms with van der Waals surface area (Å²) in [5, 5.41) is 0. The predicted octanol–water partition coefficient (Wildman–Crippen LogP) is 5.47. The Bertz CT molecular complexity index is 682. The summed E-state index contributed by atoms with van der Waals surface area (Å²) in [6, 6.07) is 0. The van der Waals surface area contributed by atoms with Crippen molar-refractivity contribution in [2.45, 2.75) is 86.2 Å². The van der Waals surface area contributed by atoms with Crippen LogP contribution in [0.15, 0.2) is 0 Å². The van der Waals surface area contributed by atoms with E-state index in [9.17, 15) is 36.3 Å². The summed E-state index contributed by atoms with van der Waals surface area (Å²) in [7, 11) is 0. The number of rotatable bonds is 12. The topological polar surface area (TPSA) is 78.9 Å². The fourth-order valence-corrected chi connectivity index (χ4v) is 2.78. The summed E-state index contributed by atoms with van der Waals surface area (Å²) in [6.45, 7) is 11.1. The number of ether oxygens (including phenoxy) is 3. The lowest BCUT2D eigenvalue weighted by atomic mass is 9.60. The molecule has 0 aliphatic rings. The summed E-state index contributed by atoms with van der Waals surface area (Å²) >= 11 is 0.